The number of methoxy groups -OCH3 is 1. The molecule has 5 rings (SSSR count). The number of benzene rings is 2. The van der Waals surface area contributed by atoms with Crippen molar-refractivity contribution in [2.24, 2.45) is 0 Å². The number of pyridine rings is 2. The van der Waals surface area contributed by atoms with Crippen LogP contribution in [-0.2, 0) is 9.47 Å². The van der Waals surface area contributed by atoms with E-state index in [0.29, 0.717) is 6.73 Å². The Morgan fingerprint density at radius 3 is 2.84 bits per heavy atom. The van der Waals surface area contributed by atoms with Crippen LogP contribution in [0.4, 0.5) is 5.69 Å². The lowest BCUT2D eigenvalue weighted by molar-refractivity contribution is -0.131. The fourth-order valence-corrected chi connectivity index (χ4v) is 3.61. The minimum Gasteiger partial charge on any atom is -0.351 e. The molecule has 124 valence electrons. The second kappa shape index (κ2) is 5.37. The molecule has 2 aromatic heterocycles. The van der Waals surface area contributed by atoms with Crippen molar-refractivity contribution in [2.75, 3.05) is 25.8 Å². The van der Waals surface area contributed by atoms with Gasteiger partial charge in [-0.15, -0.1) is 0 Å². The van der Waals surface area contributed by atoms with Crippen molar-refractivity contribution in [3.63, 3.8) is 0 Å². The topological polar surface area (TPSA) is 47.5 Å². The summed E-state index contributed by atoms with van der Waals surface area (Å²) in [6.07, 6.45) is 1.40. The summed E-state index contributed by atoms with van der Waals surface area (Å²) in [5.74, 6) is 0. The molecule has 1 aliphatic rings. The van der Waals surface area contributed by atoms with Crippen molar-refractivity contribution in [1.82, 2.24) is 9.97 Å². The summed E-state index contributed by atoms with van der Waals surface area (Å²) in [4.78, 5) is 11.5. The third-order valence-corrected chi connectivity index (χ3v) is 4.83. The molecule has 3 heterocycles. The normalized spacial score (nSPS) is 17.4. The zero-order valence-corrected chi connectivity index (χ0v) is 14.1. The Bertz CT molecular complexity index is 1130. The van der Waals surface area contributed by atoms with Crippen molar-refractivity contribution in [2.45, 2.75) is 6.29 Å². The Morgan fingerprint density at radius 2 is 1.96 bits per heavy atom. The Balaban J connectivity index is 1.92. The van der Waals surface area contributed by atoms with Crippen LogP contribution in [-0.4, -0.2) is 30.9 Å². The van der Waals surface area contributed by atoms with Gasteiger partial charge in [-0.3, -0.25) is 4.98 Å². The molecule has 0 N–H and O–H groups in total. The van der Waals surface area contributed by atoms with E-state index in [1.165, 1.54) is 0 Å². The Morgan fingerprint density at radius 1 is 1.12 bits per heavy atom. The molecule has 0 aliphatic carbocycles. The Kier molecular flexibility index (Phi) is 3.13. The maximum atomic E-state index is 5.82. The Labute approximate surface area is 144 Å². The van der Waals surface area contributed by atoms with Crippen LogP contribution < -0.4 is 4.90 Å². The summed E-state index contributed by atoms with van der Waals surface area (Å²) in [5, 5.41) is 3.24. The number of fused-ring (bicyclic) bond motifs is 6. The van der Waals surface area contributed by atoms with Crippen molar-refractivity contribution >= 4 is 38.4 Å². The first-order valence-corrected chi connectivity index (χ1v) is 8.23. The molecule has 0 saturated heterocycles. The molecule has 5 nitrogen and oxygen atoms in total. The summed E-state index contributed by atoms with van der Waals surface area (Å²) >= 11 is 0. The van der Waals surface area contributed by atoms with Gasteiger partial charge in [0.1, 0.15) is 6.73 Å². The van der Waals surface area contributed by atoms with Gasteiger partial charge in [-0.05, 0) is 30.3 Å². The molecule has 0 bridgehead atoms. The standard InChI is InChI=1S/C20H17N3O2/c1-23-11-25-20(24-2)17-16(23)8-6-13-10-12-5-7-15-14(4-3-9-21-15)18(12)22-19(13)17/h3-10,20H,11H2,1-2H3. The molecule has 1 aliphatic heterocycles. The highest BCUT2D eigenvalue weighted by Crippen LogP contribution is 2.39. The molecule has 0 amide bonds. The van der Waals surface area contributed by atoms with Crippen LogP contribution in [0.2, 0.25) is 0 Å². The maximum absolute atomic E-state index is 5.82. The monoisotopic (exact) mass is 331 g/mol. The van der Waals surface area contributed by atoms with E-state index in [-0.39, 0.29) is 0 Å². The molecule has 0 radical (unpaired) electrons. The average Bonchev–Trinajstić information content (AvgIpc) is 2.66. The van der Waals surface area contributed by atoms with Crippen LogP contribution >= 0.6 is 0 Å². The number of anilines is 1. The highest BCUT2D eigenvalue weighted by Gasteiger charge is 2.27. The average molecular weight is 331 g/mol. The highest BCUT2D eigenvalue weighted by molar-refractivity contribution is 6.08. The van der Waals surface area contributed by atoms with E-state index in [4.69, 9.17) is 14.5 Å². The van der Waals surface area contributed by atoms with Crippen LogP contribution in [0.3, 0.4) is 0 Å². The quantitative estimate of drug-likeness (QED) is 0.390. The zero-order valence-electron chi connectivity index (χ0n) is 14.1. The van der Waals surface area contributed by atoms with E-state index >= 15 is 0 Å². The summed E-state index contributed by atoms with van der Waals surface area (Å²) < 4.78 is 11.4. The number of hydrogen-bond acceptors (Lipinski definition) is 5. The van der Waals surface area contributed by atoms with Gasteiger partial charge in [0, 0.05) is 42.2 Å². The van der Waals surface area contributed by atoms with Crippen LogP contribution in [0.1, 0.15) is 11.9 Å². The zero-order chi connectivity index (χ0) is 17.0. The second-order valence-electron chi connectivity index (χ2n) is 6.33. The van der Waals surface area contributed by atoms with E-state index in [0.717, 1.165) is 44.0 Å². The SMILES string of the molecule is COC1OCN(C)c2ccc3cc4ccc5ncccc5c4nc3c21. The third-order valence-electron chi connectivity index (χ3n) is 4.83. The number of nitrogens with zero attached hydrogens (tertiary/aromatic N) is 3. The van der Waals surface area contributed by atoms with Crippen LogP contribution in [0.5, 0.6) is 0 Å². The molecule has 0 saturated carbocycles. The van der Waals surface area contributed by atoms with E-state index in [1.54, 1.807) is 13.3 Å². The highest BCUT2D eigenvalue weighted by atomic mass is 16.7. The van der Waals surface area contributed by atoms with Gasteiger partial charge in [0.25, 0.3) is 0 Å². The van der Waals surface area contributed by atoms with Gasteiger partial charge in [-0.25, -0.2) is 4.98 Å². The van der Waals surface area contributed by atoms with Crippen LogP contribution in [0.25, 0.3) is 32.7 Å². The second-order valence-corrected chi connectivity index (χ2v) is 6.33. The fraction of sp³-hybridized carbons (Fsp3) is 0.200. The molecule has 5 heteroatoms. The molecular formula is C20H17N3O2. The summed E-state index contributed by atoms with van der Waals surface area (Å²) in [6.45, 7) is 0.497. The van der Waals surface area contributed by atoms with E-state index in [1.807, 2.05) is 19.2 Å². The summed E-state index contributed by atoms with van der Waals surface area (Å²) in [7, 11) is 3.68. The Hall–Kier alpha value is -2.76. The van der Waals surface area contributed by atoms with Crippen LogP contribution in [0.15, 0.2) is 48.7 Å². The summed E-state index contributed by atoms with van der Waals surface area (Å²) in [6, 6.07) is 14.5. The van der Waals surface area contributed by atoms with Gasteiger partial charge in [-0.2, -0.15) is 0 Å². The van der Waals surface area contributed by atoms with Gasteiger partial charge in [0.2, 0.25) is 0 Å². The maximum Gasteiger partial charge on any atom is 0.189 e. The molecule has 25 heavy (non-hydrogen) atoms. The molecule has 0 fully saturated rings. The minimum absolute atomic E-state index is 0.409. The number of hydrogen-bond donors (Lipinski definition) is 0. The molecule has 2 aromatic carbocycles. The van der Waals surface area contributed by atoms with Gasteiger partial charge in [0.05, 0.1) is 22.1 Å². The first-order chi connectivity index (χ1) is 12.3. The van der Waals surface area contributed by atoms with Gasteiger partial charge in [-0.1, -0.05) is 12.1 Å². The smallest absolute Gasteiger partial charge is 0.189 e. The molecule has 1 atom stereocenters. The molecule has 0 spiro atoms. The van der Waals surface area contributed by atoms with Gasteiger partial charge in [0.15, 0.2) is 6.29 Å². The van der Waals surface area contributed by atoms with E-state index in [2.05, 4.69) is 40.2 Å². The van der Waals surface area contributed by atoms with Gasteiger partial charge < -0.3 is 14.4 Å². The third kappa shape index (κ3) is 2.10. The number of aromatic nitrogens is 2. The minimum atomic E-state index is -0.409. The van der Waals surface area contributed by atoms with Crippen molar-refractivity contribution < 1.29 is 9.47 Å². The first kappa shape index (κ1) is 14.6. The lowest BCUT2D eigenvalue weighted by Gasteiger charge is -2.33. The van der Waals surface area contributed by atoms with E-state index < -0.39 is 6.29 Å². The van der Waals surface area contributed by atoms with Crippen molar-refractivity contribution in [3.05, 3.63) is 54.2 Å². The van der Waals surface area contributed by atoms with Crippen molar-refractivity contribution in [1.29, 1.82) is 0 Å². The lowest BCUT2D eigenvalue weighted by atomic mass is 10.0. The summed E-state index contributed by atoms with van der Waals surface area (Å²) in [5.41, 5.74) is 4.89. The lowest BCUT2D eigenvalue weighted by Crippen LogP contribution is -2.30. The molecule has 4 aromatic rings. The first-order valence-electron chi connectivity index (χ1n) is 8.23. The predicted molar refractivity (Wildman–Crippen MR) is 98.7 cm³/mol. The van der Waals surface area contributed by atoms with Crippen LogP contribution in [0, 0.1) is 0 Å². The molecular weight excluding hydrogens is 314 g/mol. The van der Waals surface area contributed by atoms with Crippen molar-refractivity contribution in [3.8, 4) is 0 Å². The largest absolute Gasteiger partial charge is 0.351 e. The van der Waals surface area contributed by atoms with Gasteiger partial charge >= 0.3 is 0 Å². The number of rotatable bonds is 1. The fourth-order valence-electron chi connectivity index (χ4n) is 3.61. The molecule has 1 unspecified atom stereocenters. The number of ether oxygens (including phenoxy) is 2. The predicted octanol–water partition coefficient (Wildman–Crippen LogP) is 4.01. The van der Waals surface area contributed by atoms with E-state index in [9.17, 15) is 0 Å².